The molecule has 0 nitrogen and oxygen atoms in total. The van der Waals surface area contributed by atoms with Crippen molar-refractivity contribution in [2.24, 2.45) is 0 Å². The Balaban J connectivity index is 2.09. The number of allylic oxidation sites excluding steroid dienone is 1. The molecule has 0 saturated heterocycles. The van der Waals surface area contributed by atoms with Gasteiger partial charge in [-0.3, -0.25) is 0 Å². The van der Waals surface area contributed by atoms with E-state index in [4.69, 9.17) is 0 Å². The Bertz CT molecular complexity index is 395. The zero-order chi connectivity index (χ0) is 11.6. The van der Waals surface area contributed by atoms with E-state index in [2.05, 4.69) is 0 Å². The van der Waals surface area contributed by atoms with Crippen molar-refractivity contribution >= 4 is 6.08 Å². The molecular formula is C13H13F3. The summed E-state index contributed by atoms with van der Waals surface area (Å²) in [4.78, 5) is 0. The molecule has 0 heterocycles. The largest absolute Gasteiger partial charge is 0.248 e. The number of rotatable bonds is 1. The molecule has 0 unspecified atom stereocenters. The van der Waals surface area contributed by atoms with Gasteiger partial charge in [-0.1, -0.05) is 23.8 Å². The molecule has 16 heavy (non-hydrogen) atoms. The van der Waals surface area contributed by atoms with Crippen LogP contribution in [-0.4, -0.2) is 5.92 Å². The van der Waals surface area contributed by atoms with E-state index in [1.165, 1.54) is 12.1 Å². The van der Waals surface area contributed by atoms with Crippen LogP contribution in [0.4, 0.5) is 13.2 Å². The second kappa shape index (κ2) is 4.32. The third-order valence-corrected chi connectivity index (χ3v) is 2.84. The first-order valence-electron chi connectivity index (χ1n) is 5.38. The summed E-state index contributed by atoms with van der Waals surface area (Å²) in [6.07, 6.45) is 2.45. The first-order valence-corrected chi connectivity index (χ1v) is 5.38. The van der Waals surface area contributed by atoms with Crippen molar-refractivity contribution in [2.45, 2.75) is 31.6 Å². The Kier molecular flexibility index (Phi) is 3.03. The lowest BCUT2D eigenvalue weighted by molar-refractivity contribution is -0.0243. The van der Waals surface area contributed by atoms with Crippen LogP contribution in [0.25, 0.3) is 6.08 Å². The van der Waals surface area contributed by atoms with Crippen LogP contribution in [-0.2, 0) is 0 Å². The Morgan fingerprint density at radius 3 is 2.44 bits per heavy atom. The first kappa shape index (κ1) is 11.2. The molecule has 0 amide bonds. The summed E-state index contributed by atoms with van der Waals surface area (Å²) in [5, 5.41) is 0. The van der Waals surface area contributed by atoms with Crippen LogP contribution in [0.2, 0.25) is 0 Å². The van der Waals surface area contributed by atoms with E-state index in [9.17, 15) is 13.2 Å². The summed E-state index contributed by atoms with van der Waals surface area (Å²) >= 11 is 0. The molecule has 0 N–H and O–H groups in total. The number of benzene rings is 1. The highest BCUT2D eigenvalue weighted by atomic mass is 19.3. The van der Waals surface area contributed by atoms with E-state index < -0.39 is 5.92 Å². The molecular weight excluding hydrogens is 213 g/mol. The van der Waals surface area contributed by atoms with E-state index >= 15 is 0 Å². The van der Waals surface area contributed by atoms with Gasteiger partial charge in [0.05, 0.1) is 0 Å². The van der Waals surface area contributed by atoms with Gasteiger partial charge in [-0.25, -0.2) is 13.2 Å². The Morgan fingerprint density at radius 2 is 1.81 bits per heavy atom. The lowest BCUT2D eigenvalue weighted by Gasteiger charge is -2.23. The molecule has 1 aromatic rings. The Labute approximate surface area is 92.8 Å². The number of halogens is 3. The summed E-state index contributed by atoms with van der Waals surface area (Å²) in [6, 6.07) is 6.19. The zero-order valence-electron chi connectivity index (χ0n) is 8.85. The average molecular weight is 226 g/mol. The maximum Gasteiger partial charge on any atom is 0.248 e. The zero-order valence-corrected chi connectivity index (χ0v) is 8.85. The smallest absolute Gasteiger partial charge is 0.207 e. The predicted octanol–water partition coefficient (Wildman–Crippen LogP) is 4.42. The average Bonchev–Trinajstić information content (AvgIpc) is 2.21. The minimum atomic E-state index is -2.51. The minimum absolute atomic E-state index is 0.0891. The van der Waals surface area contributed by atoms with Crippen LogP contribution in [0, 0.1) is 5.82 Å². The van der Waals surface area contributed by atoms with Crippen molar-refractivity contribution in [2.75, 3.05) is 0 Å². The van der Waals surface area contributed by atoms with Crippen LogP contribution in [0.15, 0.2) is 29.8 Å². The van der Waals surface area contributed by atoms with Crippen LogP contribution in [0.3, 0.4) is 0 Å². The maximum absolute atomic E-state index is 12.9. The fourth-order valence-electron chi connectivity index (χ4n) is 1.91. The highest BCUT2D eigenvalue weighted by Crippen LogP contribution is 2.36. The monoisotopic (exact) mass is 226 g/mol. The highest BCUT2D eigenvalue weighted by Gasteiger charge is 2.32. The summed E-state index contributed by atoms with van der Waals surface area (Å²) in [6.45, 7) is 0. The van der Waals surface area contributed by atoms with Crippen molar-refractivity contribution in [3.63, 3.8) is 0 Å². The molecule has 86 valence electrons. The lowest BCUT2D eigenvalue weighted by atomic mass is 9.90. The molecule has 3 heteroatoms. The topological polar surface area (TPSA) is 0 Å². The normalized spacial score (nSPS) is 19.6. The van der Waals surface area contributed by atoms with E-state index in [0.29, 0.717) is 12.8 Å². The van der Waals surface area contributed by atoms with Gasteiger partial charge in [-0.15, -0.1) is 0 Å². The number of hydrogen-bond acceptors (Lipinski definition) is 0. The van der Waals surface area contributed by atoms with Crippen molar-refractivity contribution < 1.29 is 13.2 Å². The Morgan fingerprint density at radius 1 is 1.12 bits per heavy atom. The summed E-state index contributed by atoms with van der Waals surface area (Å²) in [5.74, 6) is -2.81. The highest BCUT2D eigenvalue weighted by molar-refractivity contribution is 5.53. The van der Waals surface area contributed by atoms with E-state index in [1.807, 2.05) is 6.08 Å². The van der Waals surface area contributed by atoms with Gasteiger partial charge in [-0.05, 0) is 30.5 Å². The van der Waals surface area contributed by atoms with E-state index in [0.717, 1.165) is 11.1 Å². The number of hydrogen-bond donors (Lipinski definition) is 0. The molecule has 1 aromatic carbocycles. The summed E-state index contributed by atoms with van der Waals surface area (Å²) in [5.41, 5.74) is 1.73. The second-order valence-corrected chi connectivity index (χ2v) is 4.21. The fraction of sp³-hybridized carbons (Fsp3) is 0.385. The molecule has 1 aliphatic carbocycles. The Hall–Kier alpha value is -1.25. The van der Waals surface area contributed by atoms with Crippen molar-refractivity contribution in [3.05, 3.63) is 41.2 Å². The SMILES string of the molecule is Fc1cccc(C=C2CCC(F)(F)CC2)c1. The van der Waals surface area contributed by atoms with E-state index in [1.54, 1.807) is 12.1 Å². The van der Waals surface area contributed by atoms with Gasteiger partial charge in [0.1, 0.15) is 5.82 Å². The molecule has 1 fully saturated rings. The third-order valence-electron chi connectivity index (χ3n) is 2.84. The molecule has 1 saturated carbocycles. The van der Waals surface area contributed by atoms with Crippen LogP contribution < -0.4 is 0 Å². The van der Waals surface area contributed by atoms with Gasteiger partial charge in [-0.2, -0.15) is 0 Å². The van der Waals surface area contributed by atoms with Crippen molar-refractivity contribution in [1.82, 2.24) is 0 Å². The van der Waals surface area contributed by atoms with Gasteiger partial charge in [0.25, 0.3) is 0 Å². The quantitative estimate of drug-likeness (QED) is 0.665. The number of alkyl halides is 2. The van der Waals surface area contributed by atoms with Crippen molar-refractivity contribution in [1.29, 1.82) is 0 Å². The van der Waals surface area contributed by atoms with Crippen molar-refractivity contribution in [3.8, 4) is 0 Å². The fourth-order valence-corrected chi connectivity index (χ4v) is 1.91. The minimum Gasteiger partial charge on any atom is -0.207 e. The van der Waals surface area contributed by atoms with Gasteiger partial charge < -0.3 is 0 Å². The summed E-state index contributed by atoms with van der Waals surface area (Å²) < 4.78 is 38.7. The summed E-state index contributed by atoms with van der Waals surface area (Å²) in [7, 11) is 0. The van der Waals surface area contributed by atoms with Gasteiger partial charge >= 0.3 is 0 Å². The molecule has 0 aromatic heterocycles. The van der Waals surface area contributed by atoms with Gasteiger partial charge in [0.2, 0.25) is 5.92 Å². The van der Waals surface area contributed by atoms with Gasteiger partial charge in [0.15, 0.2) is 0 Å². The molecule has 0 radical (unpaired) electrons. The molecule has 0 aliphatic heterocycles. The third kappa shape index (κ3) is 2.87. The van der Waals surface area contributed by atoms with Crippen LogP contribution in [0.1, 0.15) is 31.2 Å². The predicted molar refractivity (Wildman–Crippen MR) is 57.8 cm³/mol. The van der Waals surface area contributed by atoms with E-state index in [-0.39, 0.29) is 18.7 Å². The first-order chi connectivity index (χ1) is 7.55. The second-order valence-electron chi connectivity index (χ2n) is 4.21. The standard InChI is InChI=1S/C13H13F3/c14-12-3-1-2-11(9-12)8-10-4-6-13(15,16)7-5-10/h1-3,8-9H,4-7H2. The van der Waals surface area contributed by atoms with Crippen LogP contribution in [0.5, 0.6) is 0 Å². The van der Waals surface area contributed by atoms with Gasteiger partial charge in [0, 0.05) is 12.8 Å². The molecule has 0 bridgehead atoms. The molecule has 0 spiro atoms. The molecule has 1 aliphatic rings. The lowest BCUT2D eigenvalue weighted by Crippen LogP contribution is -2.20. The molecule has 0 atom stereocenters. The van der Waals surface area contributed by atoms with Crippen LogP contribution >= 0.6 is 0 Å². The maximum atomic E-state index is 12.9. The molecule has 2 rings (SSSR count).